The van der Waals surface area contributed by atoms with Gasteiger partial charge in [0.25, 0.3) is 5.56 Å². The van der Waals surface area contributed by atoms with Crippen molar-refractivity contribution < 1.29 is 4.74 Å². The Labute approximate surface area is 68.4 Å². The van der Waals surface area contributed by atoms with Crippen molar-refractivity contribution in [2.75, 3.05) is 7.11 Å². The van der Waals surface area contributed by atoms with E-state index >= 15 is 0 Å². The van der Waals surface area contributed by atoms with Crippen LogP contribution in [0, 0.1) is 6.92 Å². The number of rotatable bonds is 2. The fourth-order valence-electron chi connectivity index (χ4n) is 0.944. The lowest BCUT2D eigenvalue weighted by molar-refractivity contribution is 0.182. The van der Waals surface area contributed by atoms with Gasteiger partial charge in [0.15, 0.2) is 0 Å². The van der Waals surface area contributed by atoms with Gasteiger partial charge in [-0.2, -0.15) is 0 Å². The van der Waals surface area contributed by atoms with Crippen molar-refractivity contribution in [3.63, 3.8) is 0 Å². The SMILES string of the molecule is COCc1c(C)[nH]c(=O)[nH]c1=O. The molecule has 0 saturated carbocycles. The molecule has 0 aliphatic heterocycles. The van der Waals surface area contributed by atoms with Gasteiger partial charge in [-0.05, 0) is 6.92 Å². The van der Waals surface area contributed by atoms with Gasteiger partial charge in [0.1, 0.15) is 0 Å². The van der Waals surface area contributed by atoms with E-state index in [1.54, 1.807) is 6.92 Å². The molecule has 5 nitrogen and oxygen atoms in total. The molecular weight excluding hydrogens is 160 g/mol. The Morgan fingerprint density at radius 3 is 2.50 bits per heavy atom. The van der Waals surface area contributed by atoms with Gasteiger partial charge in [0.2, 0.25) is 0 Å². The first-order valence-electron chi connectivity index (χ1n) is 3.46. The summed E-state index contributed by atoms with van der Waals surface area (Å²) in [5.41, 5.74) is 0.123. The molecule has 0 radical (unpaired) electrons. The summed E-state index contributed by atoms with van der Waals surface area (Å²) in [7, 11) is 1.49. The van der Waals surface area contributed by atoms with Gasteiger partial charge in [0.05, 0.1) is 12.2 Å². The number of H-pyrrole nitrogens is 2. The Kier molecular flexibility index (Phi) is 2.44. The first kappa shape index (κ1) is 8.73. The van der Waals surface area contributed by atoms with E-state index in [1.165, 1.54) is 7.11 Å². The van der Waals surface area contributed by atoms with E-state index in [0.29, 0.717) is 11.3 Å². The van der Waals surface area contributed by atoms with Crippen LogP contribution in [-0.2, 0) is 11.3 Å². The summed E-state index contributed by atoms with van der Waals surface area (Å²) in [6.45, 7) is 1.86. The maximum Gasteiger partial charge on any atom is 0.325 e. The zero-order valence-electron chi connectivity index (χ0n) is 6.93. The van der Waals surface area contributed by atoms with Crippen LogP contribution in [0.25, 0.3) is 0 Å². The smallest absolute Gasteiger partial charge is 0.325 e. The van der Waals surface area contributed by atoms with Crippen LogP contribution in [0.5, 0.6) is 0 Å². The van der Waals surface area contributed by atoms with Gasteiger partial charge in [0, 0.05) is 12.8 Å². The molecule has 12 heavy (non-hydrogen) atoms. The molecule has 0 spiro atoms. The molecule has 0 aliphatic carbocycles. The van der Waals surface area contributed by atoms with Crippen LogP contribution in [0.2, 0.25) is 0 Å². The molecule has 0 atom stereocenters. The van der Waals surface area contributed by atoms with Gasteiger partial charge in [-0.15, -0.1) is 0 Å². The predicted molar refractivity (Wildman–Crippen MR) is 43.1 cm³/mol. The maximum absolute atomic E-state index is 11.1. The minimum Gasteiger partial charge on any atom is -0.380 e. The molecule has 1 heterocycles. The lowest BCUT2D eigenvalue weighted by atomic mass is 10.2. The highest BCUT2D eigenvalue weighted by molar-refractivity contribution is 5.12. The number of nitrogens with one attached hydrogen (secondary N) is 2. The van der Waals surface area contributed by atoms with Crippen molar-refractivity contribution in [3.05, 3.63) is 32.1 Å². The summed E-state index contributed by atoms with van der Waals surface area (Å²) in [6.07, 6.45) is 0. The van der Waals surface area contributed by atoms with Crippen molar-refractivity contribution in [1.82, 2.24) is 9.97 Å². The van der Waals surface area contributed by atoms with Crippen LogP contribution in [0.4, 0.5) is 0 Å². The van der Waals surface area contributed by atoms with Crippen molar-refractivity contribution >= 4 is 0 Å². The summed E-state index contributed by atoms with van der Waals surface area (Å²) >= 11 is 0. The third-order valence-electron chi connectivity index (χ3n) is 1.54. The Bertz CT molecular complexity index is 377. The average Bonchev–Trinajstić information content (AvgIpc) is 1.96. The Morgan fingerprint density at radius 2 is 2.00 bits per heavy atom. The first-order valence-corrected chi connectivity index (χ1v) is 3.46. The van der Waals surface area contributed by atoms with E-state index < -0.39 is 11.2 Å². The van der Waals surface area contributed by atoms with Crippen LogP contribution in [0.1, 0.15) is 11.3 Å². The third kappa shape index (κ3) is 1.62. The predicted octanol–water partition coefficient (Wildman–Crippen LogP) is -0.482. The summed E-state index contributed by atoms with van der Waals surface area (Å²) in [6, 6.07) is 0. The number of ether oxygens (including phenoxy) is 1. The van der Waals surface area contributed by atoms with E-state index in [4.69, 9.17) is 4.74 Å². The molecule has 5 heteroatoms. The molecule has 0 aromatic carbocycles. The summed E-state index contributed by atoms with van der Waals surface area (Å²) in [4.78, 5) is 26.4. The monoisotopic (exact) mass is 170 g/mol. The van der Waals surface area contributed by atoms with E-state index in [-0.39, 0.29) is 6.61 Å². The fraction of sp³-hybridized carbons (Fsp3) is 0.429. The van der Waals surface area contributed by atoms with Gasteiger partial charge < -0.3 is 9.72 Å². The molecule has 66 valence electrons. The Hall–Kier alpha value is -1.36. The maximum atomic E-state index is 11.1. The van der Waals surface area contributed by atoms with Crippen LogP contribution in [-0.4, -0.2) is 17.1 Å². The quantitative estimate of drug-likeness (QED) is 0.629. The number of aryl methyl sites for hydroxylation is 1. The molecule has 1 rings (SSSR count). The van der Waals surface area contributed by atoms with Crippen molar-refractivity contribution in [1.29, 1.82) is 0 Å². The molecule has 0 fully saturated rings. The largest absolute Gasteiger partial charge is 0.380 e. The zero-order valence-corrected chi connectivity index (χ0v) is 6.93. The Balaban J connectivity index is 3.29. The van der Waals surface area contributed by atoms with Crippen LogP contribution in [0.15, 0.2) is 9.59 Å². The molecule has 0 unspecified atom stereocenters. The van der Waals surface area contributed by atoms with Crippen molar-refractivity contribution in [3.8, 4) is 0 Å². The topological polar surface area (TPSA) is 75.0 Å². The first-order chi connectivity index (χ1) is 5.65. The van der Waals surface area contributed by atoms with Crippen molar-refractivity contribution in [2.24, 2.45) is 0 Å². The van der Waals surface area contributed by atoms with E-state index in [0.717, 1.165) is 0 Å². The van der Waals surface area contributed by atoms with Crippen LogP contribution < -0.4 is 11.2 Å². The van der Waals surface area contributed by atoms with Gasteiger partial charge in [-0.3, -0.25) is 9.78 Å². The highest BCUT2D eigenvalue weighted by Crippen LogP contribution is 1.95. The van der Waals surface area contributed by atoms with Gasteiger partial charge in [-0.1, -0.05) is 0 Å². The highest BCUT2D eigenvalue weighted by atomic mass is 16.5. The van der Waals surface area contributed by atoms with Crippen molar-refractivity contribution in [2.45, 2.75) is 13.5 Å². The normalized spacial score (nSPS) is 10.2. The lowest BCUT2D eigenvalue weighted by Crippen LogP contribution is -2.27. The minimum atomic E-state index is -0.489. The lowest BCUT2D eigenvalue weighted by Gasteiger charge is -2.00. The summed E-state index contributed by atoms with van der Waals surface area (Å²) in [5, 5.41) is 0. The molecular formula is C7H10N2O3. The second-order valence-corrected chi connectivity index (χ2v) is 2.44. The second kappa shape index (κ2) is 3.36. The average molecular weight is 170 g/mol. The molecule has 1 aromatic rings. The number of aromatic amines is 2. The van der Waals surface area contributed by atoms with E-state index in [9.17, 15) is 9.59 Å². The Morgan fingerprint density at radius 1 is 1.33 bits per heavy atom. The molecule has 0 amide bonds. The number of hydrogen-bond acceptors (Lipinski definition) is 3. The zero-order chi connectivity index (χ0) is 9.14. The van der Waals surface area contributed by atoms with Crippen LogP contribution >= 0.6 is 0 Å². The van der Waals surface area contributed by atoms with Gasteiger partial charge in [-0.25, -0.2) is 4.79 Å². The highest BCUT2D eigenvalue weighted by Gasteiger charge is 2.03. The number of aromatic nitrogens is 2. The summed E-state index contributed by atoms with van der Waals surface area (Å²) < 4.78 is 4.79. The van der Waals surface area contributed by atoms with Crippen LogP contribution in [0.3, 0.4) is 0 Å². The minimum absolute atomic E-state index is 0.206. The molecule has 0 bridgehead atoms. The summed E-state index contributed by atoms with van der Waals surface area (Å²) in [5.74, 6) is 0. The third-order valence-corrected chi connectivity index (χ3v) is 1.54. The molecule has 1 aromatic heterocycles. The van der Waals surface area contributed by atoms with E-state index in [1.807, 2.05) is 0 Å². The second-order valence-electron chi connectivity index (χ2n) is 2.44. The molecule has 2 N–H and O–H groups in total. The number of hydrogen-bond donors (Lipinski definition) is 2. The fourth-order valence-corrected chi connectivity index (χ4v) is 0.944. The standard InChI is InChI=1S/C7H10N2O3/c1-4-5(3-12-2)6(10)9-7(11)8-4/h3H2,1-2H3,(H2,8,9,10,11). The number of methoxy groups -OCH3 is 1. The molecule has 0 aliphatic rings. The van der Waals surface area contributed by atoms with E-state index in [2.05, 4.69) is 9.97 Å². The van der Waals surface area contributed by atoms with Gasteiger partial charge >= 0.3 is 5.69 Å². The molecule has 0 saturated heterocycles.